The minimum atomic E-state index is -2.38. The Kier molecular flexibility index (Phi) is 5.35. The van der Waals surface area contributed by atoms with Crippen molar-refractivity contribution in [1.29, 1.82) is 0 Å². The van der Waals surface area contributed by atoms with Crippen LogP contribution in [0.2, 0.25) is 0 Å². The zero-order valence-electron chi connectivity index (χ0n) is 9.71. The molecule has 90 valence electrons. The van der Waals surface area contributed by atoms with Crippen LogP contribution < -0.4 is 5.32 Å². The molecule has 0 saturated carbocycles. The van der Waals surface area contributed by atoms with Crippen molar-refractivity contribution >= 4 is 0 Å². The van der Waals surface area contributed by atoms with Crippen LogP contribution >= 0.6 is 0 Å². The van der Waals surface area contributed by atoms with Crippen molar-refractivity contribution < 1.29 is 8.78 Å². The maximum atomic E-state index is 12.3. The lowest BCUT2D eigenvalue weighted by atomic mass is 10.1. The molecule has 4 heteroatoms. The van der Waals surface area contributed by atoms with E-state index in [9.17, 15) is 8.78 Å². The third-order valence-corrected chi connectivity index (χ3v) is 2.30. The van der Waals surface area contributed by atoms with Crippen molar-refractivity contribution in [1.82, 2.24) is 10.2 Å². The minimum absolute atomic E-state index is 0.0806. The fourth-order valence-corrected chi connectivity index (χ4v) is 1.32. The van der Waals surface area contributed by atoms with E-state index in [2.05, 4.69) is 10.2 Å². The zero-order chi connectivity index (χ0) is 12.0. The van der Waals surface area contributed by atoms with Crippen LogP contribution in [0.1, 0.15) is 17.6 Å². The van der Waals surface area contributed by atoms with E-state index in [1.54, 1.807) is 12.1 Å². The van der Waals surface area contributed by atoms with Crippen LogP contribution in [0.15, 0.2) is 24.3 Å². The number of likely N-dealkylation sites (N-methyl/N-ethyl adjacent to an activating group) is 1. The lowest BCUT2D eigenvalue weighted by Crippen LogP contribution is -2.26. The smallest absolute Gasteiger partial charge is 0.263 e. The quantitative estimate of drug-likeness (QED) is 0.751. The van der Waals surface area contributed by atoms with Gasteiger partial charge in [0.25, 0.3) is 6.43 Å². The summed E-state index contributed by atoms with van der Waals surface area (Å²) in [5.74, 6) is 0. The molecule has 0 bridgehead atoms. The summed E-state index contributed by atoms with van der Waals surface area (Å²) in [7, 11) is 4.03. The Morgan fingerprint density at radius 1 is 1.19 bits per heavy atom. The van der Waals surface area contributed by atoms with Gasteiger partial charge in [0.05, 0.1) is 0 Å². The first-order valence-corrected chi connectivity index (χ1v) is 5.32. The number of nitrogens with one attached hydrogen (secondary N) is 1. The molecule has 0 aliphatic heterocycles. The van der Waals surface area contributed by atoms with E-state index in [-0.39, 0.29) is 5.56 Å². The summed E-state index contributed by atoms with van der Waals surface area (Å²) in [4.78, 5) is 2.09. The highest BCUT2D eigenvalue weighted by atomic mass is 19.3. The lowest BCUT2D eigenvalue weighted by molar-refractivity contribution is 0.151. The van der Waals surface area contributed by atoms with Gasteiger partial charge in [-0.15, -0.1) is 0 Å². The Morgan fingerprint density at radius 2 is 1.81 bits per heavy atom. The molecule has 1 N–H and O–H groups in total. The average Bonchev–Trinajstić information content (AvgIpc) is 2.25. The van der Waals surface area contributed by atoms with E-state index in [1.807, 2.05) is 14.1 Å². The van der Waals surface area contributed by atoms with E-state index in [1.165, 1.54) is 12.1 Å². The third kappa shape index (κ3) is 4.68. The summed E-state index contributed by atoms with van der Waals surface area (Å²) in [6.45, 7) is 2.58. The molecular formula is C12H18F2N2. The van der Waals surface area contributed by atoms with Gasteiger partial charge < -0.3 is 10.2 Å². The van der Waals surface area contributed by atoms with Crippen LogP contribution in [0, 0.1) is 0 Å². The molecule has 0 aromatic heterocycles. The lowest BCUT2D eigenvalue weighted by Gasteiger charge is -2.10. The Hall–Kier alpha value is -1.00. The molecular weight excluding hydrogens is 210 g/mol. The second kappa shape index (κ2) is 6.55. The first kappa shape index (κ1) is 13.1. The summed E-state index contributed by atoms with van der Waals surface area (Å²) in [6, 6.07) is 6.44. The van der Waals surface area contributed by atoms with Gasteiger partial charge in [0.15, 0.2) is 0 Å². The number of nitrogens with zero attached hydrogens (tertiary/aromatic N) is 1. The van der Waals surface area contributed by atoms with E-state index in [0.29, 0.717) is 0 Å². The maximum Gasteiger partial charge on any atom is 0.263 e. The largest absolute Gasteiger partial charge is 0.311 e. The van der Waals surface area contributed by atoms with Gasteiger partial charge in [-0.2, -0.15) is 0 Å². The summed E-state index contributed by atoms with van der Waals surface area (Å²) >= 11 is 0. The molecule has 1 rings (SSSR count). The molecule has 0 amide bonds. The van der Waals surface area contributed by atoms with Crippen LogP contribution in [0.5, 0.6) is 0 Å². The topological polar surface area (TPSA) is 15.3 Å². The standard InChI is InChI=1S/C12H18F2N2/c1-16(2)8-7-15-9-10-3-5-11(6-4-10)12(13)14/h3-6,12,15H,7-9H2,1-2H3. The van der Waals surface area contributed by atoms with Crippen LogP contribution in [-0.2, 0) is 6.54 Å². The van der Waals surface area contributed by atoms with Gasteiger partial charge in [0.1, 0.15) is 0 Å². The van der Waals surface area contributed by atoms with Crippen molar-refractivity contribution in [3.63, 3.8) is 0 Å². The molecule has 1 aromatic carbocycles. The number of halogens is 2. The highest BCUT2D eigenvalue weighted by Crippen LogP contribution is 2.18. The predicted molar refractivity (Wildman–Crippen MR) is 61.7 cm³/mol. The molecule has 0 atom stereocenters. The number of benzene rings is 1. The first-order valence-electron chi connectivity index (χ1n) is 5.32. The molecule has 0 radical (unpaired) electrons. The van der Waals surface area contributed by atoms with Crippen LogP contribution in [-0.4, -0.2) is 32.1 Å². The van der Waals surface area contributed by atoms with Crippen LogP contribution in [0.3, 0.4) is 0 Å². The summed E-state index contributed by atoms with van der Waals surface area (Å²) in [6.07, 6.45) is -2.38. The summed E-state index contributed by atoms with van der Waals surface area (Å²) < 4.78 is 24.5. The van der Waals surface area contributed by atoms with Crippen molar-refractivity contribution in [2.24, 2.45) is 0 Å². The van der Waals surface area contributed by atoms with Gasteiger partial charge in [-0.3, -0.25) is 0 Å². The van der Waals surface area contributed by atoms with Gasteiger partial charge >= 0.3 is 0 Å². The fourth-order valence-electron chi connectivity index (χ4n) is 1.32. The fraction of sp³-hybridized carbons (Fsp3) is 0.500. The monoisotopic (exact) mass is 228 g/mol. The second-order valence-corrected chi connectivity index (χ2v) is 4.02. The molecule has 2 nitrogen and oxygen atoms in total. The molecule has 0 unspecified atom stereocenters. The molecule has 0 aliphatic carbocycles. The van der Waals surface area contributed by atoms with Crippen molar-refractivity contribution in [2.45, 2.75) is 13.0 Å². The van der Waals surface area contributed by atoms with Gasteiger partial charge in [0.2, 0.25) is 0 Å². The van der Waals surface area contributed by atoms with Crippen LogP contribution in [0.4, 0.5) is 8.78 Å². The molecule has 0 saturated heterocycles. The van der Waals surface area contributed by atoms with Crippen molar-refractivity contribution in [2.75, 3.05) is 27.2 Å². The highest BCUT2D eigenvalue weighted by Gasteiger charge is 2.05. The third-order valence-electron chi connectivity index (χ3n) is 2.30. The Bertz CT molecular complexity index is 296. The Labute approximate surface area is 95.3 Å². The van der Waals surface area contributed by atoms with E-state index in [4.69, 9.17) is 0 Å². The molecule has 0 spiro atoms. The number of hydrogen-bond donors (Lipinski definition) is 1. The average molecular weight is 228 g/mol. The molecule has 1 aromatic rings. The normalized spacial score (nSPS) is 11.4. The Balaban J connectivity index is 2.32. The molecule has 0 fully saturated rings. The van der Waals surface area contributed by atoms with Crippen LogP contribution in [0.25, 0.3) is 0 Å². The minimum Gasteiger partial charge on any atom is -0.311 e. The predicted octanol–water partition coefficient (Wildman–Crippen LogP) is 2.28. The molecule has 16 heavy (non-hydrogen) atoms. The van der Waals surface area contributed by atoms with Crippen molar-refractivity contribution in [3.05, 3.63) is 35.4 Å². The second-order valence-electron chi connectivity index (χ2n) is 4.02. The number of alkyl halides is 2. The molecule has 0 aliphatic rings. The van der Waals surface area contributed by atoms with Gasteiger partial charge in [-0.05, 0) is 19.7 Å². The zero-order valence-corrected chi connectivity index (χ0v) is 9.71. The SMILES string of the molecule is CN(C)CCNCc1ccc(C(F)F)cc1. The number of rotatable bonds is 6. The van der Waals surface area contributed by atoms with Gasteiger partial charge in [-0.25, -0.2) is 8.78 Å². The van der Waals surface area contributed by atoms with E-state index < -0.39 is 6.43 Å². The van der Waals surface area contributed by atoms with E-state index in [0.717, 1.165) is 25.2 Å². The highest BCUT2D eigenvalue weighted by molar-refractivity contribution is 5.23. The van der Waals surface area contributed by atoms with E-state index >= 15 is 0 Å². The van der Waals surface area contributed by atoms with Gasteiger partial charge in [-0.1, -0.05) is 24.3 Å². The summed E-state index contributed by atoms with van der Waals surface area (Å²) in [5.41, 5.74) is 1.11. The molecule has 0 heterocycles. The van der Waals surface area contributed by atoms with Gasteiger partial charge in [0, 0.05) is 25.2 Å². The summed E-state index contributed by atoms with van der Waals surface area (Å²) in [5, 5.41) is 3.25. The Morgan fingerprint density at radius 3 is 2.31 bits per heavy atom. The first-order chi connectivity index (χ1) is 7.59. The number of hydrogen-bond acceptors (Lipinski definition) is 2. The maximum absolute atomic E-state index is 12.3. The van der Waals surface area contributed by atoms with Crippen molar-refractivity contribution in [3.8, 4) is 0 Å².